The first-order valence-corrected chi connectivity index (χ1v) is 11.6. The second kappa shape index (κ2) is 7.15. The van der Waals surface area contributed by atoms with Crippen LogP contribution in [0.3, 0.4) is 0 Å². The van der Waals surface area contributed by atoms with Crippen molar-refractivity contribution in [3.63, 3.8) is 0 Å². The minimum absolute atomic E-state index is 0.0418. The summed E-state index contributed by atoms with van der Waals surface area (Å²) in [6.07, 6.45) is 11.5. The molecule has 4 bridgehead atoms. The van der Waals surface area contributed by atoms with Gasteiger partial charge in [-0.3, -0.25) is 24.3 Å². The number of carbonyl (C=O) groups excluding carboxylic acids is 1. The first-order chi connectivity index (χ1) is 14.7. The van der Waals surface area contributed by atoms with E-state index in [4.69, 9.17) is 0 Å². The van der Waals surface area contributed by atoms with Crippen LogP contribution in [0, 0.1) is 27.4 Å². The Kier molecular flexibility index (Phi) is 4.76. The minimum atomic E-state index is -0.380. The number of hydrogen-bond donors (Lipinski definition) is 0. The van der Waals surface area contributed by atoms with Gasteiger partial charge in [0.1, 0.15) is 12.4 Å². The molecule has 0 aromatic carbocycles. The zero-order valence-corrected chi connectivity index (χ0v) is 19.4. The van der Waals surface area contributed by atoms with Gasteiger partial charge in [0, 0.05) is 20.5 Å². The average molecular weight is 491 g/mol. The van der Waals surface area contributed by atoms with Crippen molar-refractivity contribution in [3.8, 4) is 0 Å². The summed E-state index contributed by atoms with van der Waals surface area (Å²) < 4.78 is 4.56. The van der Waals surface area contributed by atoms with E-state index in [2.05, 4.69) is 26.1 Å². The molecule has 1 amide bonds. The van der Waals surface area contributed by atoms with E-state index in [-0.39, 0.29) is 27.5 Å². The summed E-state index contributed by atoms with van der Waals surface area (Å²) in [7, 11) is 3.74. The van der Waals surface area contributed by atoms with Crippen LogP contribution in [0.2, 0.25) is 0 Å². The summed E-state index contributed by atoms with van der Waals surface area (Å²) in [5, 5.41) is 19.8. The second-order valence-electron chi connectivity index (χ2n) is 10.1. The minimum Gasteiger partial charge on any atom is -0.340 e. The monoisotopic (exact) mass is 490 g/mol. The highest BCUT2D eigenvalue weighted by Crippen LogP contribution is 2.65. The number of halogens is 1. The Morgan fingerprint density at radius 3 is 2.58 bits per heavy atom. The van der Waals surface area contributed by atoms with Gasteiger partial charge in [0.15, 0.2) is 0 Å². The summed E-state index contributed by atoms with van der Waals surface area (Å²) >= 11 is 3.51. The number of nitro groups is 1. The lowest BCUT2D eigenvalue weighted by atomic mass is 9.46. The Morgan fingerprint density at radius 2 is 2.00 bits per heavy atom. The molecule has 2 aromatic rings. The molecule has 0 saturated heterocycles. The maximum atomic E-state index is 13.3. The van der Waals surface area contributed by atoms with E-state index < -0.39 is 0 Å². The fourth-order valence-corrected chi connectivity index (χ4v) is 7.40. The smallest absolute Gasteiger partial charge is 0.307 e. The number of aromatic nitrogens is 4. The van der Waals surface area contributed by atoms with Gasteiger partial charge in [-0.05, 0) is 71.7 Å². The molecule has 4 saturated carbocycles. The molecular weight excluding hydrogens is 464 g/mol. The Hall–Kier alpha value is -2.23. The van der Waals surface area contributed by atoms with Gasteiger partial charge in [-0.1, -0.05) is 0 Å². The zero-order chi connectivity index (χ0) is 22.0. The molecule has 4 fully saturated rings. The van der Waals surface area contributed by atoms with E-state index in [9.17, 15) is 14.9 Å². The highest BCUT2D eigenvalue weighted by molar-refractivity contribution is 9.10. The van der Waals surface area contributed by atoms with Crippen molar-refractivity contribution in [2.45, 2.75) is 57.0 Å². The molecule has 2 atom stereocenters. The molecule has 0 spiro atoms. The number of rotatable bonds is 6. The van der Waals surface area contributed by atoms with Gasteiger partial charge < -0.3 is 4.90 Å². The van der Waals surface area contributed by atoms with Crippen LogP contribution in [0.15, 0.2) is 23.1 Å². The van der Waals surface area contributed by atoms with E-state index >= 15 is 0 Å². The van der Waals surface area contributed by atoms with Gasteiger partial charge >= 0.3 is 5.69 Å². The van der Waals surface area contributed by atoms with Crippen molar-refractivity contribution >= 4 is 27.5 Å². The maximum absolute atomic E-state index is 13.3. The van der Waals surface area contributed by atoms with Gasteiger partial charge in [0.25, 0.3) is 0 Å². The Labute approximate surface area is 189 Å². The van der Waals surface area contributed by atoms with Gasteiger partial charge in [0.2, 0.25) is 5.91 Å². The van der Waals surface area contributed by atoms with Crippen LogP contribution in [0.5, 0.6) is 0 Å². The van der Waals surface area contributed by atoms with Crippen molar-refractivity contribution in [1.29, 1.82) is 0 Å². The van der Waals surface area contributed by atoms with Crippen LogP contribution >= 0.6 is 15.9 Å². The van der Waals surface area contributed by atoms with Crippen molar-refractivity contribution in [1.82, 2.24) is 24.5 Å². The summed E-state index contributed by atoms with van der Waals surface area (Å²) in [6.45, 7) is 0.509. The lowest BCUT2D eigenvalue weighted by molar-refractivity contribution is -0.385. The lowest BCUT2D eigenvalue weighted by Crippen LogP contribution is -2.57. The van der Waals surface area contributed by atoms with E-state index in [1.54, 1.807) is 22.0 Å². The standard InChI is InChI=1S/C21H27BrN6O3/c1-25(12-18-17(22)10-23-26(18)2)19(29)8-20-4-14-3-15(5-20)7-21(6-14,13-20)27-11-16(9-24-27)28(30)31/h9-11,14-15H,3-8,12-13H2,1-2H3. The van der Waals surface area contributed by atoms with Crippen LogP contribution in [0.4, 0.5) is 5.69 Å². The van der Waals surface area contributed by atoms with Gasteiger partial charge in [0.05, 0.1) is 33.4 Å². The molecule has 2 aromatic heterocycles. The van der Waals surface area contributed by atoms with Crippen molar-refractivity contribution in [3.05, 3.63) is 38.9 Å². The molecule has 6 rings (SSSR count). The molecule has 9 nitrogen and oxygen atoms in total. The quantitative estimate of drug-likeness (QED) is 0.454. The van der Waals surface area contributed by atoms with Crippen LogP contribution in [0.1, 0.15) is 50.6 Å². The van der Waals surface area contributed by atoms with Gasteiger partial charge in [-0.2, -0.15) is 10.2 Å². The van der Waals surface area contributed by atoms with Gasteiger partial charge in [-0.25, -0.2) is 0 Å². The number of hydrogen-bond acceptors (Lipinski definition) is 5. The van der Waals surface area contributed by atoms with E-state index in [0.717, 1.165) is 42.3 Å². The molecule has 166 valence electrons. The summed E-state index contributed by atoms with van der Waals surface area (Å²) in [5.41, 5.74) is 0.784. The number of carbonyl (C=O) groups is 1. The van der Waals surface area contributed by atoms with E-state index in [1.807, 2.05) is 18.8 Å². The molecule has 0 aliphatic heterocycles. The predicted octanol–water partition coefficient (Wildman–Crippen LogP) is 3.63. The van der Waals surface area contributed by atoms with Crippen molar-refractivity contribution in [2.75, 3.05) is 7.05 Å². The molecule has 2 unspecified atom stereocenters. The normalized spacial score (nSPS) is 31.2. The number of aryl methyl sites for hydroxylation is 1. The van der Waals surface area contributed by atoms with Crippen molar-refractivity contribution in [2.24, 2.45) is 24.3 Å². The Morgan fingerprint density at radius 1 is 1.29 bits per heavy atom. The third-order valence-corrected chi connectivity index (χ3v) is 8.43. The summed E-state index contributed by atoms with van der Waals surface area (Å²) in [4.78, 5) is 25.9. The third kappa shape index (κ3) is 3.48. The Balaban J connectivity index is 1.36. The summed E-state index contributed by atoms with van der Waals surface area (Å²) in [6, 6.07) is 0. The highest BCUT2D eigenvalue weighted by Gasteiger charge is 2.59. The zero-order valence-electron chi connectivity index (χ0n) is 17.8. The van der Waals surface area contributed by atoms with Crippen LogP contribution < -0.4 is 0 Å². The first kappa shape index (κ1) is 20.7. The molecule has 31 heavy (non-hydrogen) atoms. The van der Waals surface area contributed by atoms with Gasteiger partial charge in [-0.15, -0.1) is 0 Å². The van der Waals surface area contributed by atoms with E-state index in [1.165, 1.54) is 12.6 Å². The van der Waals surface area contributed by atoms with Crippen LogP contribution in [0.25, 0.3) is 0 Å². The van der Waals surface area contributed by atoms with Crippen molar-refractivity contribution < 1.29 is 9.72 Å². The molecular formula is C21H27BrN6O3. The second-order valence-corrected chi connectivity index (χ2v) is 10.9. The molecule has 2 heterocycles. The van der Waals surface area contributed by atoms with Crippen LogP contribution in [-0.2, 0) is 23.9 Å². The molecule has 4 aliphatic rings. The molecule has 0 N–H and O–H groups in total. The van der Waals surface area contributed by atoms with E-state index in [0.29, 0.717) is 24.8 Å². The maximum Gasteiger partial charge on any atom is 0.307 e. The van der Waals surface area contributed by atoms with Crippen LogP contribution in [-0.4, -0.2) is 42.3 Å². The molecule has 0 radical (unpaired) electrons. The Bertz CT molecular complexity index is 1010. The topological polar surface area (TPSA) is 99.1 Å². The predicted molar refractivity (Wildman–Crippen MR) is 116 cm³/mol. The SMILES string of the molecule is CN(Cc1c(Br)cnn1C)C(=O)CC12CC3CC(C1)CC(n1cc([N+](=O)[O-])cn1)(C3)C2. The fourth-order valence-electron chi connectivity index (χ4n) is 6.93. The third-order valence-electron chi connectivity index (χ3n) is 7.77. The molecule has 4 aliphatic carbocycles. The average Bonchev–Trinajstić information content (AvgIpc) is 3.30. The number of amides is 1. The highest BCUT2D eigenvalue weighted by atomic mass is 79.9. The summed E-state index contributed by atoms with van der Waals surface area (Å²) in [5.74, 6) is 1.28. The number of nitrogens with zero attached hydrogens (tertiary/aromatic N) is 6. The first-order valence-electron chi connectivity index (χ1n) is 10.8. The fraction of sp³-hybridized carbons (Fsp3) is 0.667. The lowest BCUT2D eigenvalue weighted by Gasteiger charge is -2.62. The molecule has 10 heteroatoms. The largest absolute Gasteiger partial charge is 0.340 e.